The number of amides is 2. The standard InChI is InChI=1S/C25H26N2O3S/c1-16-6-5-7-17(2)23(16)27-24(28)18(3)31-22-14-10-20(11-15-22)26-25(29)19-8-12-21(30-4)13-9-19/h5-15,18H,1-4H3,(H,26,29)(H,27,28). The molecule has 0 aliphatic rings. The summed E-state index contributed by atoms with van der Waals surface area (Å²) in [4.78, 5) is 26.0. The minimum absolute atomic E-state index is 0.0423. The van der Waals surface area contributed by atoms with Gasteiger partial charge in [0.15, 0.2) is 0 Å². The molecule has 2 N–H and O–H groups in total. The van der Waals surface area contributed by atoms with Gasteiger partial charge in [-0.05, 0) is 80.4 Å². The second-order valence-corrected chi connectivity index (χ2v) is 8.64. The fourth-order valence-electron chi connectivity index (χ4n) is 3.06. The first-order valence-electron chi connectivity index (χ1n) is 9.96. The van der Waals surface area contributed by atoms with E-state index in [0.29, 0.717) is 17.0 Å². The summed E-state index contributed by atoms with van der Waals surface area (Å²) in [6, 6.07) is 20.4. The van der Waals surface area contributed by atoms with Crippen LogP contribution in [-0.4, -0.2) is 24.2 Å². The van der Waals surface area contributed by atoms with Crippen LogP contribution in [0.4, 0.5) is 11.4 Å². The molecule has 3 aromatic carbocycles. The van der Waals surface area contributed by atoms with Crippen molar-refractivity contribution in [1.29, 1.82) is 0 Å². The molecular formula is C25H26N2O3S. The highest BCUT2D eigenvalue weighted by atomic mass is 32.2. The van der Waals surface area contributed by atoms with Gasteiger partial charge in [0, 0.05) is 21.8 Å². The van der Waals surface area contributed by atoms with Crippen LogP contribution in [0.2, 0.25) is 0 Å². The zero-order valence-corrected chi connectivity index (χ0v) is 18.9. The first-order chi connectivity index (χ1) is 14.9. The smallest absolute Gasteiger partial charge is 0.255 e. The van der Waals surface area contributed by atoms with Crippen molar-refractivity contribution in [3.63, 3.8) is 0 Å². The van der Waals surface area contributed by atoms with E-state index < -0.39 is 0 Å². The molecule has 0 heterocycles. The number of para-hydroxylation sites is 1. The highest BCUT2D eigenvalue weighted by Crippen LogP contribution is 2.27. The number of hydrogen-bond acceptors (Lipinski definition) is 4. The molecule has 0 bridgehead atoms. The topological polar surface area (TPSA) is 67.4 Å². The molecule has 1 atom stereocenters. The summed E-state index contributed by atoms with van der Waals surface area (Å²) in [6.45, 7) is 5.85. The number of aryl methyl sites for hydroxylation is 2. The zero-order chi connectivity index (χ0) is 22.4. The Kier molecular flexibility index (Phi) is 7.36. The maximum absolute atomic E-state index is 12.6. The Balaban J connectivity index is 1.58. The molecule has 0 fully saturated rings. The Hall–Kier alpha value is -3.25. The molecule has 0 spiro atoms. The van der Waals surface area contributed by atoms with Crippen molar-refractivity contribution < 1.29 is 14.3 Å². The number of rotatable bonds is 7. The molecule has 1 unspecified atom stereocenters. The summed E-state index contributed by atoms with van der Waals surface area (Å²) >= 11 is 1.47. The first kappa shape index (κ1) is 22.4. The number of methoxy groups -OCH3 is 1. The van der Waals surface area contributed by atoms with Crippen LogP contribution in [-0.2, 0) is 4.79 Å². The predicted molar refractivity (Wildman–Crippen MR) is 127 cm³/mol. The largest absolute Gasteiger partial charge is 0.497 e. The van der Waals surface area contributed by atoms with Crippen molar-refractivity contribution in [1.82, 2.24) is 0 Å². The molecule has 160 valence electrons. The van der Waals surface area contributed by atoms with Gasteiger partial charge < -0.3 is 15.4 Å². The lowest BCUT2D eigenvalue weighted by molar-refractivity contribution is -0.115. The van der Waals surface area contributed by atoms with E-state index >= 15 is 0 Å². The Labute approximate surface area is 187 Å². The van der Waals surface area contributed by atoms with Crippen LogP contribution >= 0.6 is 11.8 Å². The Morgan fingerprint density at radius 1 is 0.871 bits per heavy atom. The molecule has 0 radical (unpaired) electrons. The van der Waals surface area contributed by atoms with E-state index in [4.69, 9.17) is 4.74 Å². The first-order valence-corrected chi connectivity index (χ1v) is 10.8. The van der Waals surface area contributed by atoms with Gasteiger partial charge in [0.1, 0.15) is 5.75 Å². The van der Waals surface area contributed by atoms with Crippen LogP contribution in [0.1, 0.15) is 28.4 Å². The molecule has 0 saturated carbocycles. The lowest BCUT2D eigenvalue weighted by atomic mass is 10.1. The summed E-state index contributed by atoms with van der Waals surface area (Å²) in [5.41, 5.74) is 4.20. The number of ether oxygens (including phenoxy) is 1. The van der Waals surface area contributed by atoms with Gasteiger partial charge >= 0.3 is 0 Å². The van der Waals surface area contributed by atoms with E-state index in [1.165, 1.54) is 11.8 Å². The van der Waals surface area contributed by atoms with Gasteiger partial charge in [-0.2, -0.15) is 0 Å². The van der Waals surface area contributed by atoms with Crippen LogP contribution < -0.4 is 15.4 Å². The fourth-order valence-corrected chi connectivity index (χ4v) is 3.92. The van der Waals surface area contributed by atoms with E-state index in [0.717, 1.165) is 21.7 Å². The van der Waals surface area contributed by atoms with E-state index in [1.54, 1.807) is 31.4 Å². The summed E-state index contributed by atoms with van der Waals surface area (Å²) in [5.74, 6) is 0.470. The molecule has 2 amide bonds. The lowest BCUT2D eigenvalue weighted by Gasteiger charge is -2.15. The highest BCUT2D eigenvalue weighted by Gasteiger charge is 2.16. The summed E-state index contributed by atoms with van der Waals surface area (Å²) < 4.78 is 5.11. The SMILES string of the molecule is COc1ccc(C(=O)Nc2ccc(SC(C)C(=O)Nc3c(C)cccc3C)cc2)cc1. The predicted octanol–water partition coefficient (Wildman–Crippen LogP) is 5.68. The molecule has 0 aromatic heterocycles. The van der Waals surface area contributed by atoms with Crippen molar-refractivity contribution in [2.45, 2.75) is 30.9 Å². The maximum atomic E-state index is 12.6. The molecule has 0 saturated heterocycles. The lowest BCUT2D eigenvalue weighted by Crippen LogP contribution is -2.23. The van der Waals surface area contributed by atoms with Crippen molar-refractivity contribution in [2.24, 2.45) is 0 Å². The minimum Gasteiger partial charge on any atom is -0.497 e. The third kappa shape index (κ3) is 5.89. The number of anilines is 2. The van der Waals surface area contributed by atoms with Crippen LogP contribution in [0.15, 0.2) is 71.6 Å². The monoisotopic (exact) mass is 434 g/mol. The normalized spacial score (nSPS) is 11.5. The van der Waals surface area contributed by atoms with Crippen molar-refractivity contribution >= 4 is 35.0 Å². The summed E-state index contributed by atoms with van der Waals surface area (Å²) in [6.07, 6.45) is 0. The molecule has 31 heavy (non-hydrogen) atoms. The summed E-state index contributed by atoms with van der Waals surface area (Å²) in [7, 11) is 1.59. The van der Waals surface area contributed by atoms with E-state index in [9.17, 15) is 9.59 Å². The van der Waals surface area contributed by atoms with Crippen LogP contribution in [0.5, 0.6) is 5.75 Å². The van der Waals surface area contributed by atoms with Crippen LogP contribution in [0.3, 0.4) is 0 Å². The minimum atomic E-state index is -0.265. The van der Waals surface area contributed by atoms with Gasteiger partial charge in [-0.15, -0.1) is 11.8 Å². The Morgan fingerprint density at radius 3 is 2.06 bits per heavy atom. The molecule has 3 aromatic rings. The molecule has 3 rings (SSSR count). The second kappa shape index (κ2) is 10.2. The highest BCUT2D eigenvalue weighted by molar-refractivity contribution is 8.00. The van der Waals surface area contributed by atoms with Crippen molar-refractivity contribution in [2.75, 3.05) is 17.7 Å². The number of carbonyl (C=O) groups excluding carboxylic acids is 2. The average Bonchev–Trinajstić information content (AvgIpc) is 2.77. The Bertz CT molecular complexity index is 1040. The third-order valence-electron chi connectivity index (χ3n) is 4.88. The molecule has 0 aliphatic heterocycles. The molecule has 0 aliphatic carbocycles. The van der Waals surface area contributed by atoms with Crippen LogP contribution in [0.25, 0.3) is 0 Å². The number of nitrogens with one attached hydrogen (secondary N) is 2. The average molecular weight is 435 g/mol. The maximum Gasteiger partial charge on any atom is 0.255 e. The molecular weight excluding hydrogens is 408 g/mol. The van der Waals surface area contributed by atoms with Gasteiger partial charge in [-0.3, -0.25) is 9.59 Å². The van der Waals surface area contributed by atoms with E-state index in [2.05, 4.69) is 10.6 Å². The van der Waals surface area contributed by atoms with Gasteiger partial charge in [0.25, 0.3) is 5.91 Å². The third-order valence-corrected chi connectivity index (χ3v) is 5.99. The second-order valence-electron chi connectivity index (χ2n) is 7.22. The van der Waals surface area contributed by atoms with Gasteiger partial charge in [0.05, 0.1) is 12.4 Å². The fraction of sp³-hybridized carbons (Fsp3) is 0.200. The number of hydrogen-bond donors (Lipinski definition) is 2. The van der Waals surface area contributed by atoms with Crippen molar-refractivity contribution in [3.05, 3.63) is 83.4 Å². The van der Waals surface area contributed by atoms with Crippen molar-refractivity contribution in [3.8, 4) is 5.75 Å². The summed E-state index contributed by atoms with van der Waals surface area (Å²) in [5, 5.41) is 5.65. The quantitative estimate of drug-likeness (QED) is 0.469. The number of carbonyl (C=O) groups is 2. The van der Waals surface area contributed by atoms with Gasteiger partial charge in [0.2, 0.25) is 5.91 Å². The number of benzene rings is 3. The zero-order valence-electron chi connectivity index (χ0n) is 18.1. The number of thioether (sulfide) groups is 1. The van der Waals surface area contributed by atoms with E-state index in [-0.39, 0.29) is 17.1 Å². The van der Waals surface area contributed by atoms with Crippen LogP contribution in [0, 0.1) is 13.8 Å². The Morgan fingerprint density at radius 2 is 1.48 bits per heavy atom. The molecule has 6 heteroatoms. The van der Waals surface area contributed by atoms with Gasteiger partial charge in [-0.25, -0.2) is 0 Å². The molecule has 5 nitrogen and oxygen atoms in total. The van der Waals surface area contributed by atoms with E-state index in [1.807, 2.05) is 63.2 Å². The van der Waals surface area contributed by atoms with Gasteiger partial charge in [-0.1, -0.05) is 18.2 Å².